The largest absolute Gasteiger partial charge is 0.480 e. The number of nitrogens with one attached hydrogen (secondary N) is 1. The summed E-state index contributed by atoms with van der Waals surface area (Å²) in [6, 6.07) is 1.12. The van der Waals surface area contributed by atoms with Gasteiger partial charge in [0.05, 0.1) is 0 Å². The number of likely N-dealkylation sites (N-methyl/N-ethyl adjacent to an activating group) is 1. The van der Waals surface area contributed by atoms with Crippen molar-refractivity contribution in [2.24, 2.45) is 0 Å². The van der Waals surface area contributed by atoms with Crippen LogP contribution < -0.4 is 5.32 Å². The molecule has 17 heavy (non-hydrogen) atoms. The highest BCUT2D eigenvalue weighted by molar-refractivity contribution is 5.79. The lowest BCUT2D eigenvalue weighted by atomic mass is 9.77. The summed E-state index contributed by atoms with van der Waals surface area (Å²) in [5.74, 6) is -0.688. The van der Waals surface area contributed by atoms with E-state index in [4.69, 9.17) is 0 Å². The highest BCUT2D eigenvalue weighted by atomic mass is 16.4. The third kappa shape index (κ3) is 2.33. The standard InChI is InChI=1S/C13H24N2O2/c1-14-13(12(16)17)8-4-7-11(9-13)15(2)10-5-3-6-10/h10-11,14H,3-9H2,1-2H3,(H,16,17). The summed E-state index contributed by atoms with van der Waals surface area (Å²) in [4.78, 5) is 13.9. The highest BCUT2D eigenvalue weighted by Crippen LogP contribution is 2.34. The molecule has 2 N–H and O–H groups in total. The van der Waals surface area contributed by atoms with Crippen LogP contribution in [0, 0.1) is 0 Å². The van der Waals surface area contributed by atoms with Crippen LogP contribution in [0.15, 0.2) is 0 Å². The normalized spacial score (nSPS) is 34.6. The van der Waals surface area contributed by atoms with Gasteiger partial charge in [0, 0.05) is 12.1 Å². The number of carbonyl (C=O) groups is 1. The maximum Gasteiger partial charge on any atom is 0.323 e. The van der Waals surface area contributed by atoms with Crippen LogP contribution in [0.4, 0.5) is 0 Å². The Balaban J connectivity index is 2.02. The topological polar surface area (TPSA) is 52.6 Å². The molecule has 0 bridgehead atoms. The Morgan fingerprint density at radius 1 is 1.29 bits per heavy atom. The summed E-state index contributed by atoms with van der Waals surface area (Å²) >= 11 is 0. The Kier molecular flexibility index (Phi) is 3.73. The first kappa shape index (κ1) is 12.8. The minimum Gasteiger partial charge on any atom is -0.480 e. The summed E-state index contributed by atoms with van der Waals surface area (Å²) in [5, 5.41) is 12.5. The molecule has 2 fully saturated rings. The fraction of sp³-hybridized carbons (Fsp3) is 0.923. The van der Waals surface area contributed by atoms with Crippen LogP contribution in [-0.4, -0.2) is 47.7 Å². The van der Waals surface area contributed by atoms with Crippen LogP contribution in [0.1, 0.15) is 44.9 Å². The van der Waals surface area contributed by atoms with Crippen LogP contribution >= 0.6 is 0 Å². The second-order valence-electron chi connectivity index (χ2n) is 5.64. The molecule has 0 aromatic heterocycles. The summed E-state index contributed by atoms with van der Waals surface area (Å²) < 4.78 is 0. The zero-order chi connectivity index (χ0) is 12.5. The monoisotopic (exact) mass is 240 g/mol. The minimum absolute atomic E-state index is 0.428. The third-order valence-corrected chi connectivity index (χ3v) is 4.84. The van der Waals surface area contributed by atoms with E-state index in [0.717, 1.165) is 25.7 Å². The van der Waals surface area contributed by atoms with Gasteiger partial charge in [-0.1, -0.05) is 6.42 Å². The number of hydrogen-bond acceptors (Lipinski definition) is 3. The van der Waals surface area contributed by atoms with Gasteiger partial charge >= 0.3 is 5.97 Å². The van der Waals surface area contributed by atoms with E-state index in [-0.39, 0.29) is 0 Å². The Morgan fingerprint density at radius 3 is 2.41 bits per heavy atom. The molecule has 2 saturated carbocycles. The Hall–Kier alpha value is -0.610. The zero-order valence-corrected chi connectivity index (χ0v) is 10.9. The van der Waals surface area contributed by atoms with Crippen molar-refractivity contribution in [1.82, 2.24) is 10.2 Å². The van der Waals surface area contributed by atoms with Gasteiger partial charge in [0.25, 0.3) is 0 Å². The second-order valence-corrected chi connectivity index (χ2v) is 5.64. The van der Waals surface area contributed by atoms with E-state index in [1.165, 1.54) is 19.3 Å². The van der Waals surface area contributed by atoms with Gasteiger partial charge in [-0.05, 0) is 52.6 Å². The molecule has 2 aliphatic carbocycles. The first-order valence-corrected chi connectivity index (χ1v) is 6.73. The number of carboxylic acid groups (broad SMARTS) is 1. The summed E-state index contributed by atoms with van der Waals surface area (Å²) in [5.41, 5.74) is -0.694. The minimum atomic E-state index is -0.694. The van der Waals surface area contributed by atoms with Crippen molar-refractivity contribution in [3.8, 4) is 0 Å². The molecule has 0 spiro atoms. The molecule has 4 nitrogen and oxygen atoms in total. The average molecular weight is 240 g/mol. The van der Waals surface area contributed by atoms with Gasteiger partial charge in [-0.3, -0.25) is 4.79 Å². The van der Waals surface area contributed by atoms with Gasteiger partial charge in [-0.15, -0.1) is 0 Å². The van der Waals surface area contributed by atoms with E-state index in [9.17, 15) is 9.90 Å². The van der Waals surface area contributed by atoms with Crippen LogP contribution in [0.3, 0.4) is 0 Å². The molecule has 2 aliphatic rings. The van der Waals surface area contributed by atoms with Crippen LogP contribution in [0.25, 0.3) is 0 Å². The first-order valence-electron chi connectivity index (χ1n) is 6.73. The van der Waals surface area contributed by atoms with Gasteiger partial charge in [0.1, 0.15) is 5.54 Å². The molecule has 0 aliphatic heterocycles. The molecular weight excluding hydrogens is 216 g/mol. The van der Waals surface area contributed by atoms with E-state index in [1.54, 1.807) is 7.05 Å². The summed E-state index contributed by atoms with van der Waals surface area (Å²) in [7, 11) is 3.95. The van der Waals surface area contributed by atoms with E-state index >= 15 is 0 Å². The Morgan fingerprint density at radius 2 is 1.94 bits per heavy atom. The van der Waals surface area contributed by atoms with Crippen LogP contribution in [-0.2, 0) is 4.79 Å². The van der Waals surface area contributed by atoms with Gasteiger partial charge in [0.2, 0.25) is 0 Å². The molecule has 4 heteroatoms. The highest BCUT2D eigenvalue weighted by Gasteiger charge is 2.43. The number of rotatable bonds is 4. The number of hydrogen-bond donors (Lipinski definition) is 2. The predicted octanol–water partition coefficient (Wildman–Crippen LogP) is 1.46. The molecule has 2 unspecified atom stereocenters. The van der Waals surface area contributed by atoms with E-state index in [0.29, 0.717) is 12.1 Å². The molecular formula is C13H24N2O2. The fourth-order valence-electron chi connectivity index (χ4n) is 3.21. The van der Waals surface area contributed by atoms with Gasteiger partial charge in [-0.25, -0.2) is 0 Å². The molecule has 2 atom stereocenters. The third-order valence-electron chi connectivity index (χ3n) is 4.84. The van der Waals surface area contributed by atoms with Gasteiger partial charge in [0.15, 0.2) is 0 Å². The lowest BCUT2D eigenvalue weighted by molar-refractivity contribution is -0.147. The van der Waals surface area contributed by atoms with Gasteiger partial charge < -0.3 is 15.3 Å². The SMILES string of the molecule is CNC1(C(=O)O)CCCC(N(C)C2CCC2)C1. The molecule has 0 saturated heterocycles. The number of carboxylic acids is 1. The lowest BCUT2D eigenvalue weighted by Crippen LogP contribution is -2.58. The smallest absolute Gasteiger partial charge is 0.323 e. The summed E-state index contributed by atoms with van der Waals surface area (Å²) in [6.45, 7) is 0. The summed E-state index contributed by atoms with van der Waals surface area (Å²) in [6.07, 6.45) is 7.55. The van der Waals surface area contributed by atoms with Crippen molar-refractivity contribution >= 4 is 5.97 Å². The molecule has 0 aromatic carbocycles. The van der Waals surface area contributed by atoms with Crippen molar-refractivity contribution in [2.75, 3.05) is 14.1 Å². The van der Waals surface area contributed by atoms with E-state index in [1.807, 2.05) is 0 Å². The van der Waals surface area contributed by atoms with Crippen LogP contribution in [0.5, 0.6) is 0 Å². The predicted molar refractivity (Wildman–Crippen MR) is 67.1 cm³/mol. The van der Waals surface area contributed by atoms with Crippen molar-refractivity contribution in [3.05, 3.63) is 0 Å². The van der Waals surface area contributed by atoms with Crippen molar-refractivity contribution < 1.29 is 9.90 Å². The molecule has 0 heterocycles. The van der Waals surface area contributed by atoms with E-state index < -0.39 is 11.5 Å². The van der Waals surface area contributed by atoms with Crippen LogP contribution in [0.2, 0.25) is 0 Å². The molecule has 2 rings (SSSR count). The number of nitrogens with zero attached hydrogens (tertiary/aromatic N) is 1. The Labute approximate surface area is 103 Å². The zero-order valence-electron chi connectivity index (χ0n) is 10.9. The van der Waals surface area contributed by atoms with Crippen molar-refractivity contribution in [1.29, 1.82) is 0 Å². The average Bonchev–Trinajstić information content (AvgIpc) is 2.26. The van der Waals surface area contributed by atoms with Crippen molar-refractivity contribution in [2.45, 2.75) is 62.6 Å². The quantitative estimate of drug-likeness (QED) is 0.781. The van der Waals surface area contributed by atoms with Crippen molar-refractivity contribution in [3.63, 3.8) is 0 Å². The molecule has 98 valence electrons. The Bertz CT molecular complexity index is 291. The maximum absolute atomic E-state index is 11.4. The molecule has 0 amide bonds. The lowest BCUT2D eigenvalue weighted by Gasteiger charge is -2.46. The number of aliphatic carboxylic acids is 1. The van der Waals surface area contributed by atoms with Gasteiger partial charge in [-0.2, -0.15) is 0 Å². The second kappa shape index (κ2) is 4.94. The first-order chi connectivity index (χ1) is 8.09. The molecule has 0 radical (unpaired) electrons. The maximum atomic E-state index is 11.4. The molecule has 0 aromatic rings. The fourth-order valence-corrected chi connectivity index (χ4v) is 3.21. The van der Waals surface area contributed by atoms with E-state index in [2.05, 4.69) is 17.3 Å².